The van der Waals surface area contributed by atoms with Crippen molar-refractivity contribution in [2.75, 3.05) is 62.6 Å². The molecular weight excluding hydrogens is 521 g/mol. The van der Waals surface area contributed by atoms with E-state index >= 15 is 0 Å². The standard InChI is InChI=1S/C32H36FN5O3/c33-27-11-8-25(9-12-27)31(40)35-28-23-26(32(41)38-16-4-14-34-15-19-38)10-13-29(28)36-17-5-18-37(21-20-36)30(39)22-24-6-2-1-3-7-24/h1-3,6-13,23,34H,4-5,14-22H2,(H,35,40). The molecule has 214 valence electrons. The molecule has 2 fully saturated rings. The summed E-state index contributed by atoms with van der Waals surface area (Å²) in [5.41, 5.74) is 3.11. The number of halogens is 1. The lowest BCUT2D eigenvalue weighted by atomic mass is 10.1. The molecule has 9 heteroatoms. The normalized spacial score (nSPS) is 16.1. The fourth-order valence-electron chi connectivity index (χ4n) is 5.36. The number of benzene rings is 3. The zero-order valence-corrected chi connectivity index (χ0v) is 23.2. The average Bonchev–Trinajstić information content (AvgIpc) is 3.42. The van der Waals surface area contributed by atoms with E-state index in [-0.39, 0.29) is 17.7 Å². The predicted molar refractivity (Wildman–Crippen MR) is 158 cm³/mol. The van der Waals surface area contributed by atoms with Gasteiger partial charge < -0.3 is 25.3 Å². The molecule has 2 aliphatic heterocycles. The van der Waals surface area contributed by atoms with Crippen LogP contribution in [0.3, 0.4) is 0 Å². The summed E-state index contributed by atoms with van der Waals surface area (Å²) in [6.07, 6.45) is 2.02. The van der Waals surface area contributed by atoms with Crippen molar-refractivity contribution in [1.29, 1.82) is 0 Å². The van der Waals surface area contributed by atoms with Crippen molar-refractivity contribution in [3.63, 3.8) is 0 Å². The fourth-order valence-corrected chi connectivity index (χ4v) is 5.36. The molecule has 8 nitrogen and oxygen atoms in total. The number of carbonyl (C=O) groups is 3. The summed E-state index contributed by atoms with van der Waals surface area (Å²) >= 11 is 0. The molecule has 0 spiro atoms. The zero-order valence-electron chi connectivity index (χ0n) is 23.2. The van der Waals surface area contributed by atoms with Crippen molar-refractivity contribution >= 4 is 29.1 Å². The summed E-state index contributed by atoms with van der Waals surface area (Å²) in [5.74, 6) is -0.788. The van der Waals surface area contributed by atoms with Crippen LogP contribution in [-0.2, 0) is 11.2 Å². The van der Waals surface area contributed by atoms with Gasteiger partial charge in [0, 0.05) is 56.9 Å². The summed E-state index contributed by atoms with van der Waals surface area (Å²) in [6.45, 7) is 5.40. The van der Waals surface area contributed by atoms with Crippen LogP contribution in [0.1, 0.15) is 39.1 Å². The highest BCUT2D eigenvalue weighted by atomic mass is 19.1. The minimum atomic E-state index is -0.419. The van der Waals surface area contributed by atoms with Crippen LogP contribution in [0.25, 0.3) is 0 Å². The summed E-state index contributed by atoms with van der Waals surface area (Å²) in [7, 11) is 0. The third-order valence-electron chi connectivity index (χ3n) is 7.61. The monoisotopic (exact) mass is 557 g/mol. The van der Waals surface area contributed by atoms with E-state index in [1.54, 1.807) is 6.07 Å². The van der Waals surface area contributed by atoms with Gasteiger partial charge in [-0.15, -0.1) is 0 Å². The van der Waals surface area contributed by atoms with Gasteiger partial charge in [-0.2, -0.15) is 0 Å². The fraction of sp³-hybridized carbons (Fsp3) is 0.344. The molecule has 41 heavy (non-hydrogen) atoms. The summed E-state index contributed by atoms with van der Waals surface area (Å²) in [4.78, 5) is 45.5. The molecule has 0 saturated carbocycles. The van der Waals surface area contributed by atoms with Crippen molar-refractivity contribution < 1.29 is 18.8 Å². The number of amides is 3. The first-order valence-corrected chi connectivity index (χ1v) is 14.3. The smallest absolute Gasteiger partial charge is 0.255 e. The molecule has 5 rings (SSSR count). The van der Waals surface area contributed by atoms with Gasteiger partial charge in [0.25, 0.3) is 11.8 Å². The molecule has 3 aromatic carbocycles. The second-order valence-electron chi connectivity index (χ2n) is 10.5. The van der Waals surface area contributed by atoms with E-state index < -0.39 is 5.82 Å². The van der Waals surface area contributed by atoms with Crippen molar-refractivity contribution in [2.45, 2.75) is 19.3 Å². The number of nitrogens with zero attached hydrogens (tertiary/aromatic N) is 3. The van der Waals surface area contributed by atoms with E-state index in [1.807, 2.05) is 52.3 Å². The van der Waals surface area contributed by atoms with Crippen LogP contribution in [0.2, 0.25) is 0 Å². The van der Waals surface area contributed by atoms with Crippen molar-refractivity contribution in [2.24, 2.45) is 0 Å². The lowest BCUT2D eigenvalue weighted by Crippen LogP contribution is -2.36. The van der Waals surface area contributed by atoms with E-state index in [9.17, 15) is 18.8 Å². The third kappa shape index (κ3) is 7.29. The average molecular weight is 558 g/mol. The Morgan fingerprint density at radius 1 is 0.756 bits per heavy atom. The quantitative estimate of drug-likeness (QED) is 0.482. The number of hydrogen-bond acceptors (Lipinski definition) is 5. The van der Waals surface area contributed by atoms with Crippen molar-refractivity contribution in [1.82, 2.24) is 15.1 Å². The first-order chi connectivity index (χ1) is 20.0. The summed E-state index contributed by atoms with van der Waals surface area (Å²) < 4.78 is 13.5. The Labute approximate surface area is 240 Å². The molecule has 0 aromatic heterocycles. The lowest BCUT2D eigenvalue weighted by molar-refractivity contribution is -0.130. The van der Waals surface area contributed by atoms with Gasteiger partial charge in [0.05, 0.1) is 17.8 Å². The number of nitrogens with one attached hydrogen (secondary N) is 2. The molecule has 0 radical (unpaired) electrons. The molecule has 2 N–H and O–H groups in total. The van der Waals surface area contributed by atoms with Gasteiger partial charge in [0.2, 0.25) is 5.91 Å². The minimum absolute atomic E-state index is 0.0777. The topological polar surface area (TPSA) is 85.0 Å². The van der Waals surface area contributed by atoms with Crippen molar-refractivity contribution in [3.05, 3.63) is 95.3 Å². The van der Waals surface area contributed by atoms with Gasteiger partial charge in [-0.1, -0.05) is 30.3 Å². The van der Waals surface area contributed by atoms with E-state index in [0.717, 1.165) is 37.2 Å². The largest absolute Gasteiger partial charge is 0.368 e. The predicted octanol–water partition coefficient (Wildman–Crippen LogP) is 3.79. The van der Waals surface area contributed by atoms with Crippen LogP contribution < -0.4 is 15.5 Å². The minimum Gasteiger partial charge on any atom is -0.368 e. The van der Waals surface area contributed by atoms with Gasteiger partial charge in [0.15, 0.2) is 0 Å². The Bertz CT molecular complexity index is 1360. The van der Waals surface area contributed by atoms with Crippen LogP contribution in [0.15, 0.2) is 72.8 Å². The Morgan fingerprint density at radius 2 is 1.51 bits per heavy atom. The maximum Gasteiger partial charge on any atom is 0.255 e. The van der Waals surface area contributed by atoms with Gasteiger partial charge in [-0.05, 0) is 67.4 Å². The molecule has 0 aliphatic carbocycles. The molecule has 0 unspecified atom stereocenters. The SMILES string of the molecule is O=C(Nc1cc(C(=O)N2CCCNCC2)ccc1N1CCCN(C(=O)Cc2ccccc2)CC1)c1ccc(F)cc1. The van der Waals surface area contributed by atoms with E-state index in [4.69, 9.17) is 0 Å². The molecule has 2 heterocycles. The Balaban J connectivity index is 1.36. The van der Waals surface area contributed by atoms with E-state index in [0.29, 0.717) is 62.5 Å². The van der Waals surface area contributed by atoms with Crippen LogP contribution in [0.5, 0.6) is 0 Å². The Kier molecular flexibility index (Phi) is 9.26. The Morgan fingerprint density at radius 3 is 2.32 bits per heavy atom. The Hall–Kier alpha value is -4.24. The highest BCUT2D eigenvalue weighted by Crippen LogP contribution is 2.30. The molecule has 3 aromatic rings. The molecular formula is C32H36FN5O3. The van der Waals surface area contributed by atoms with Crippen LogP contribution >= 0.6 is 0 Å². The summed E-state index contributed by atoms with van der Waals surface area (Å²) in [6, 6.07) is 20.5. The first kappa shape index (κ1) is 28.3. The maximum absolute atomic E-state index is 13.5. The number of rotatable bonds is 6. The molecule has 0 atom stereocenters. The molecule has 2 aliphatic rings. The molecule has 0 bridgehead atoms. The summed E-state index contributed by atoms with van der Waals surface area (Å²) in [5, 5.41) is 6.29. The number of carbonyl (C=O) groups excluding carboxylic acids is 3. The van der Waals surface area contributed by atoms with Crippen molar-refractivity contribution in [3.8, 4) is 0 Å². The third-order valence-corrected chi connectivity index (χ3v) is 7.61. The highest BCUT2D eigenvalue weighted by Gasteiger charge is 2.24. The molecule has 2 saturated heterocycles. The lowest BCUT2D eigenvalue weighted by Gasteiger charge is -2.27. The highest BCUT2D eigenvalue weighted by molar-refractivity contribution is 6.07. The first-order valence-electron chi connectivity index (χ1n) is 14.3. The van der Waals surface area contributed by atoms with E-state index in [2.05, 4.69) is 15.5 Å². The number of anilines is 2. The van der Waals surface area contributed by atoms with Gasteiger partial charge in [-0.25, -0.2) is 4.39 Å². The molecule has 3 amide bonds. The van der Waals surface area contributed by atoms with Gasteiger partial charge in [-0.3, -0.25) is 14.4 Å². The van der Waals surface area contributed by atoms with Crippen LogP contribution in [0, 0.1) is 5.82 Å². The van der Waals surface area contributed by atoms with E-state index in [1.165, 1.54) is 24.3 Å². The second kappa shape index (κ2) is 13.4. The maximum atomic E-state index is 13.5. The zero-order chi connectivity index (χ0) is 28.6. The number of hydrogen-bond donors (Lipinski definition) is 2. The van der Waals surface area contributed by atoms with Gasteiger partial charge in [0.1, 0.15) is 5.82 Å². The van der Waals surface area contributed by atoms with Crippen LogP contribution in [-0.4, -0.2) is 79.9 Å². The van der Waals surface area contributed by atoms with Crippen LogP contribution in [0.4, 0.5) is 15.8 Å². The second-order valence-corrected chi connectivity index (χ2v) is 10.5. The van der Waals surface area contributed by atoms with Gasteiger partial charge >= 0.3 is 0 Å².